The monoisotopic (exact) mass is 426 g/mol. The highest BCUT2D eigenvalue weighted by Crippen LogP contribution is 2.23. The fourth-order valence-corrected chi connectivity index (χ4v) is 3.60. The van der Waals surface area contributed by atoms with Crippen molar-refractivity contribution in [2.75, 3.05) is 21.3 Å². The summed E-state index contributed by atoms with van der Waals surface area (Å²) < 4.78 is 15.3. The number of nitrogens with zero attached hydrogens (tertiary/aromatic N) is 4. The molecule has 0 fully saturated rings. The maximum Gasteiger partial charge on any atom is 0.199 e. The molecule has 0 saturated heterocycles. The van der Waals surface area contributed by atoms with Gasteiger partial charge < -0.3 is 9.47 Å². The molecule has 2 aromatic carbocycles. The van der Waals surface area contributed by atoms with Gasteiger partial charge in [0.25, 0.3) is 0 Å². The summed E-state index contributed by atoms with van der Waals surface area (Å²) in [5, 5.41) is 4.87. The van der Waals surface area contributed by atoms with Crippen molar-refractivity contribution in [1.29, 1.82) is 0 Å². The van der Waals surface area contributed by atoms with Gasteiger partial charge in [-0.2, -0.15) is 5.10 Å². The molecule has 7 heteroatoms. The predicted molar refractivity (Wildman–Crippen MR) is 122 cm³/mol. The molecule has 0 spiro atoms. The van der Waals surface area contributed by atoms with E-state index in [-0.39, 0.29) is 0 Å². The van der Waals surface area contributed by atoms with Crippen LogP contribution in [0.3, 0.4) is 0 Å². The summed E-state index contributed by atoms with van der Waals surface area (Å²) in [6, 6.07) is 16.1. The third-order valence-electron chi connectivity index (χ3n) is 4.81. The standard InChI is InChI=1S/C23H30N4O2S/c1-17(2)14-26-22(19-8-12-21(29-5)13-9-19)24-27(23(26)30)16-25(3)15-18-6-10-20(28-4)11-7-18/h6-13,17H,14-16H2,1-5H3. The van der Waals surface area contributed by atoms with Crippen molar-refractivity contribution in [2.24, 2.45) is 5.92 Å². The van der Waals surface area contributed by atoms with Gasteiger partial charge >= 0.3 is 0 Å². The van der Waals surface area contributed by atoms with E-state index in [4.69, 9.17) is 26.8 Å². The fourth-order valence-electron chi connectivity index (χ4n) is 3.34. The van der Waals surface area contributed by atoms with Crippen molar-refractivity contribution in [3.05, 3.63) is 58.9 Å². The third-order valence-corrected chi connectivity index (χ3v) is 5.24. The highest BCUT2D eigenvalue weighted by Gasteiger charge is 2.15. The Morgan fingerprint density at radius 3 is 2.07 bits per heavy atom. The van der Waals surface area contributed by atoms with Crippen LogP contribution in [0.5, 0.6) is 11.5 Å². The molecule has 30 heavy (non-hydrogen) atoms. The molecular formula is C23H30N4O2S. The molecule has 0 saturated carbocycles. The van der Waals surface area contributed by atoms with Crippen LogP contribution in [-0.2, 0) is 19.8 Å². The largest absolute Gasteiger partial charge is 0.497 e. The summed E-state index contributed by atoms with van der Waals surface area (Å²) in [4.78, 5) is 2.20. The summed E-state index contributed by atoms with van der Waals surface area (Å²) in [7, 11) is 5.42. The van der Waals surface area contributed by atoms with Gasteiger partial charge in [-0.1, -0.05) is 26.0 Å². The van der Waals surface area contributed by atoms with Gasteiger partial charge in [-0.3, -0.25) is 9.47 Å². The molecule has 0 amide bonds. The van der Waals surface area contributed by atoms with Crippen LogP contribution in [0.4, 0.5) is 0 Å². The predicted octanol–water partition coefficient (Wildman–Crippen LogP) is 4.84. The normalized spacial score (nSPS) is 11.3. The highest BCUT2D eigenvalue weighted by molar-refractivity contribution is 7.71. The number of benzene rings is 2. The zero-order valence-corrected chi connectivity index (χ0v) is 19.1. The Balaban J connectivity index is 1.84. The zero-order valence-electron chi connectivity index (χ0n) is 18.3. The molecule has 3 rings (SSSR count). The van der Waals surface area contributed by atoms with Crippen LogP contribution in [0, 0.1) is 10.7 Å². The Morgan fingerprint density at radius 2 is 1.53 bits per heavy atom. The van der Waals surface area contributed by atoms with E-state index < -0.39 is 0 Å². The summed E-state index contributed by atoms with van der Waals surface area (Å²) >= 11 is 5.79. The molecule has 160 valence electrons. The number of hydrogen-bond donors (Lipinski definition) is 0. The van der Waals surface area contributed by atoms with E-state index in [0.29, 0.717) is 12.6 Å². The van der Waals surface area contributed by atoms with Crippen molar-refractivity contribution >= 4 is 12.2 Å². The smallest absolute Gasteiger partial charge is 0.199 e. The maximum atomic E-state index is 5.79. The van der Waals surface area contributed by atoms with Crippen LogP contribution in [0.15, 0.2) is 48.5 Å². The summed E-state index contributed by atoms with van der Waals surface area (Å²) in [5.41, 5.74) is 2.24. The minimum atomic E-state index is 0.461. The van der Waals surface area contributed by atoms with Crippen molar-refractivity contribution in [2.45, 2.75) is 33.6 Å². The minimum absolute atomic E-state index is 0.461. The molecule has 0 bridgehead atoms. The van der Waals surface area contributed by atoms with Crippen LogP contribution < -0.4 is 9.47 Å². The molecule has 0 aliphatic rings. The van der Waals surface area contributed by atoms with Gasteiger partial charge in [0, 0.05) is 18.7 Å². The molecule has 0 aliphatic carbocycles. The van der Waals surface area contributed by atoms with Gasteiger partial charge in [0.05, 0.1) is 20.9 Å². The molecule has 0 aliphatic heterocycles. The number of methoxy groups -OCH3 is 2. The second kappa shape index (κ2) is 9.91. The van der Waals surface area contributed by atoms with Crippen LogP contribution >= 0.6 is 12.2 Å². The second-order valence-corrected chi connectivity index (χ2v) is 8.21. The first kappa shape index (κ1) is 22.1. The van der Waals surface area contributed by atoms with Crippen molar-refractivity contribution < 1.29 is 9.47 Å². The van der Waals surface area contributed by atoms with Gasteiger partial charge in [-0.05, 0) is 67.1 Å². The maximum absolute atomic E-state index is 5.79. The Bertz CT molecular complexity index is 1010. The highest BCUT2D eigenvalue weighted by atomic mass is 32.1. The second-order valence-electron chi connectivity index (χ2n) is 7.84. The molecule has 1 heterocycles. The summed E-state index contributed by atoms with van der Waals surface area (Å²) in [6.45, 7) is 6.60. The summed E-state index contributed by atoms with van der Waals surface area (Å²) in [5.74, 6) is 3.03. The Morgan fingerprint density at radius 1 is 0.967 bits per heavy atom. The number of ether oxygens (including phenoxy) is 2. The summed E-state index contributed by atoms with van der Waals surface area (Å²) in [6.07, 6.45) is 0. The lowest BCUT2D eigenvalue weighted by atomic mass is 10.2. The lowest BCUT2D eigenvalue weighted by Gasteiger charge is -2.16. The van der Waals surface area contributed by atoms with Crippen molar-refractivity contribution in [3.8, 4) is 22.9 Å². The van der Waals surface area contributed by atoms with Crippen LogP contribution in [-0.4, -0.2) is 40.5 Å². The van der Waals surface area contributed by atoms with Gasteiger partial charge in [0.2, 0.25) is 0 Å². The lowest BCUT2D eigenvalue weighted by molar-refractivity contribution is 0.243. The first-order valence-electron chi connectivity index (χ1n) is 10.0. The van der Waals surface area contributed by atoms with E-state index in [1.807, 2.05) is 41.1 Å². The van der Waals surface area contributed by atoms with E-state index in [2.05, 4.69) is 42.5 Å². The van der Waals surface area contributed by atoms with Gasteiger partial charge in [-0.15, -0.1) is 0 Å². The number of hydrogen-bond acceptors (Lipinski definition) is 5. The Hall–Kier alpha value is -2.64. The van der Waals surface area contributed by atoms with Gasteiger partial charge in [0.15, 0.2) is 10.6 Å². The topological polar surface area (TPSA) is 44.4 Å². The Kier molecular flexibility index (Phi) is 7.29. The first-order valence-corrected chi connectivity index (χ1v) is 10.5. The van der Waals surface area contributed by atoms with E-state index in [0.717, 1.165) is 40.7 Å². The number of rotatable bonds is 9. The Labute approximate surface area is 183 Å². The molecule has 0 radical (unpaired) electrons. The van der Waals surface area contributed by atoms with E-state index >= 15 is 0 Å². The lowest BCUT2D eigenvalue weighted by Crippen LogP contribution is -2.22. The third kappa shape index (κ3) is 5.29. The van der Waals surface area contributed by atoms with E-state index in [1.54, 1.807) is 14.2 Å². The fraction of sp³-hybridized carbons (Fsp3) is 0.391. The van der Waals surface area contributed by atoms with Crippen LogP contribution in [0.2, 0.25) is 0 Å². The van der Waals surface area contributed by atoms with Crippen LogP contribution in [0.25, 0.3) is 11.4 Å². The molecule has 6 nitrogen and oxygen atoms in total. The molecular weight excluding hydrogens is 396 g/mol. The van der Waals surface area contributed by atoms with Crippen LogP contribution in [0.1, 0.15) is 19.4 Å². The quantitative estimate of drug-likeness (QED) is 0.458. The number of aromatic nitrogens is 3. The van der Waals surface area contributed by atoms with Gasteiger partial charge in [0.1, 0.15) is 11.5 Å². The van der Waals surface area contributed by atoms with E-state index in [9.17, 15) is 0 Å². The van der Waals surface area contributed by atoms with E-state index in [1.165, 1.54) is 5.56 Å². The average molecular weight is 427 g/mol. The molecule has 0 unspecified atom stereocenters. The average Bonchev–Trinajstić information content (AvgIpc) is 3.03. The zero-order chi connectivity index (χ0) is 21.7. The van der Waals surface area contributed by atoms with Crippen molar-refractivity contribution in [1.82, 2.24) is 19.2 Å². The molecule has 1 aromatic heterocycles. The molecule has 0 atom stereocenters. The van der Waals surface area contributed by atoms with Gasteiger partial charge in [-0.25, -0.2) is 4.68 Å². The van der Waals surface area contributed by atoms with Crippen molar-refractivity contribution in [3.63, 3.8) is 0 Å². The minimum Gasteiger partial charge on any atom is -0.497 e. The molecule has 0 N–H and O–H groups in total. The SMILES string of the molecule is COc1ccc(CN(C)Cn2nc(-c3ccc(OC)cc3)n(CC(C)C)c2=S)cc1. The molecule has 3 aromatic rings. The first-order chi connectivity index (χ1) is 14.4.